The SMILES string of the molecule is COc1cc(Cl)c2[nH]c(=O)c3sccc3c2c1-c1ccc(CC(F)NC(=O)OC(C)(C)C)cc1. The standard InChI is InChI=1S/C25H24ClFN2O4S/c1-25(2,3)33-24(31)28-18(27)11-13-5-7-14(8-6-13)19-17(32-4)12-16(26)21-20(19)15-9-10-34-22(15)23(30)29-21/h5-10,12,18H,11H2,1-4H3,(H,28,31)(H,29,30). The van der Waals surface area contributed by atoms with Crippen LogP contribution in [0.15, 0.2) is 46.6 Å². The fourth-order valence-electron chi connectivity index (χ4n) is 3.82. The number of carbonyl (C=O) groups is 1. The number of hydrogen-bond donors (Lipinski definition) is 2. The summed E-state index contributed by atoms with van der Waals surface area (Å²) in [5.41, 5.74) is 1.91. The number of nitrogens with one attached hydrogen (secondary N) is 2. The van der Waals surface area contributed by atoms with E-state index in [0.29, 0.717) is 26.6 Å². The first-order valence-corrected chi connectivity index (χ1v) is 11.9. The Balaban J connectivity index is 1.69. The van der Waals surface area contributed by atoms with Crippen molar-refractivity contribution in [3.8, 4) is 16.9 Å². The highest BCUT2D eigenvalue weighted by atomic mass is 35.5. The highest BCUT2D eigenvalue weighted by Gasteiger charge is 2.21. The third-order valence-corrected chi connectivity index (χ3v) is 6.38. The first kappa shape index (κ1) is 24.0. The van der Waals surface area contributed by atoms with Crippen molar-refractivity contribution in [1.82, 2.24) is 10.3 Å². The molecule has 1 amide bonds. The van der Waals surface area contributed by atoms with E-state index in [2.05, 4.69) is 10.3 Å². The minimum Gasteiger partial charge on any atom is -0.496 e. The van der Waals surface area contributed by atoms with Gasteiger partial charge in [0.05, 0.1) is 17.6 Å². The topological polar surface area (TPSA) is 80.4 Å². The lowest BCUT2D eigenvalue weighted by molar-refractivity contribution is 0.0453. The molecule has 0 fully saturated rings. The van der Waals surface area contributed by atoms with Crippen LogP contribution in [-0.2, 0) is 11.2 Å². The van der Waals surface area contributed by atoms with E-state index in [1.807, 2.05) is 23.6 Å². The molecule has 0 aliphatic rings. The molecule has 178 valence electrons. The number of alkyl halides is 1. The van der Waals surface area contributed by atoms with E-state index in [-0.39, 0.29) is 12.0 Å². The number of ether oxygens (including phenoxy) is 2. The maximum atomic E-state index is 14.4. The smallest absolute Gasteiger partial charge is 0.409 e. The molecule has 2 heterocycles. The van der Waals surface area contributed by atoms with E-state index >= 15 is 0 Å². The Kier molecular flexibility index (Phi) is 6.55. The molecule has 0 aliphatic carbocycles. The lowest BCUT2D eigenvalue weighted by atomic mass is 9.96. The van der Waals surface area contributed by atoms with Crippen molar-refractivity contribution in [2.24, 2.45) is 0 Å². The van der Waals surface area contributed by atoms with Gasteiger partial charge in [-0.3, -0.25) is 10.1 Å². The summed E-state index contributed by atoms with van der Waals surface area (Å²) >= 11 is 7.83. The maximum Gasteiger partial charge on any atom is 0.409 e. The van der Waals surface area contributed by atoms with Gasteiger partial charge in [-0.05, 0) is 43.3 Å². The summed E-state index contributed by atoms with van der Waals surface area (Å²) in [5, 5.41) is 6.01. The highest BCUT2D eigenvalue weighted by Crippen LogP contribution is 2.43. The van der Waals surface area contributed by atoms with E-state index in [9.17, 15) is 14.0 Å². The molecule has 0 radical (unpaired) electrons. The molecular weight excluding hydrogens is 479 g/mol. The average Bonchev–Trinajstić information content (AvgIpc) is 3.24. The van der Waals surface area contributed by atoms with Crippen LogP contribution in [0.2, 0.25) is 5.02 Å². The van der Waals surface area contributed by atoms with Gasteiger partial charge in [0.1, 0.15) is 16.1 Å². The molecule has 2 aromatic carbocycles. The van der Waals surface area contributed by atoms with Gasteiger partial charge in [0.25, 0.3) is 5.56 Å². The van der Waals surface area contributed by atoms with Gasteiger partial charge < -0.3 is 14.5 Å². The molecule has 1 atom stereocenters. The monoisotopic (exact) mass is 502 g/mol. The Hall–Kier alpha value is -3.10. The van der Waals surface area contributed by atoms with Gasteiger partial charge in [0.15, 0.2) is 6.30 Å². The van der Waals surface area contributed by atoms with Crippen molar-refractivity contribution in [3.63, 3.8) is 0 Å². The summed E-state index contributed by atoms with van der Waals surface area (Å²) in [4.78, 5) is 27.2. The van der Waals surface area contributed by atoms with Crippen molar-refractivity contribution in [2.45, 2.75) is 39.1 Å². The zero-order chi connectivity index (χ0) is 24.6. The summed E-state index contributed by atoms with van der Waals surface area (Å²) in [6, 6.07) is 10.8. The van der Waals surface area contributed by atoms with Crippen molar-refractivity contribution >= 4 is 50.0 Å². The molecular formula is C25H24ClFN2O4S. The van der Waals surface area contributed by atoms with Crippen LogP contribution in [0.5, 0.6) is 5.75 Å². The highest BCUT2D eigenvalue weighted by molar-refractivity contribution is 7.17. The molecule has 0 saturated heterocycles. The van der Waals surface area contributed by atoms with Gasteiger partial charge in [-0.1, -0.05) is 35.9 Å². The zero-order valence-electron chi connectivity index (χ0n) is 19.1. The number of aromatic amines is 1. The molecule has 1 unspecified atom stereocenters. The number of benzene rings is 2. The van der Waals surface area contributed by atoms with Gasteiger partial charge in [-0.25, -0.2) is 9.18 Å². The van der Waals surface area contributed by atoms with Gasteiger partial charge in [0, 0.05) is 28.8 Å². The molecule has 6 nitrogen and oxygen atoms in total. The van der Waals surface area contributed by atoms with Gasteiger partial charge >= 0.3 is 6.09 Å². The number of pyridine rings is 1. The lowest BCUT2D eigenvalue weighted by Gasteiger charge is -2.21. The zero-order valence-corrected chi connectivity index (χ0v) is 20.7. The third-order valence-electron chi connectivity index (χ3n) is 5.17. The Morgan fingerprint density at radius 1 is 1.24 bits per heavy atom. The first-order valence-electron chi connectivity index (χ1n) is 10.6. The second-order valence-electron chi connectivity index (χ2n) is 8.82. The second-order valence-corrected chi connectivity index (χ2v) is 10.1. The average molecular weight is 503 g/mol. The van der Waals surface area contributed by atoms with E-state index < -0.39 is 18.0 Å². The Morgan fingerprint density at radius 2 is 1.94 bits per heavy atom. The number of aromatic nitrogens is 1. The van der Waals surface area contributed by atoms with E-state index in [4.69, 9.17) is 21.1 Å². The molecule has 9 heteroatoms. The minimum atomic E-state index is -1.60. The summed E-state index contributed by atoms with van der Waals surface area (Å²) in [6.45, 7) is 5.15. The largest absolute Gasteiger partial charge is 0.496 e. The van der Waals surface area contributed by atoms with Crippen LogP contribution >= 0.6 is 22.9 Å². The Morgan fingerprint density at radius 3 is 2.59 bits per heavy atom. The number of alkyl carbamates (subject to hydrolysis) is 1. The molecule has 4 aromatic rings. The normalized spacial score (nSPS) is 12.6. The molecule has 2 N–H and O–H groups in total. The predicted molar refractivity (Wildman–Crippen MR) is 135 cm³/mol. The summed E-state index contributed by atoms with van der Waals surface area (Å²) < 4.78 is 25.7. The van der Waals surface area contributed by atoms with Gasteiger partial charge in [-0.2, -0.15) is 0 Å². The lowest BCUT2D eigenvalue weighted by Crippen LogP contribution is -2.37. The van der Waals surface area contributed by atoms with Crippen LogP contribution < -0.4 is 15.6 Å². The number of hydrogen-bond acceptors (Lipinski definition) is 5. The quantitative estimate of drug-likeness (QED) is 0.308. The molecule has 34 heavy (non-hydrogen) atoms. The van der Waals surface area contributed by atoms with Gasteiger partial charge in [-0.15, -0.1) is 11.3 Å². The number of rotatable bonds is 5. The third kappa shape index (κ3) is 4.88. The molecule has 2 aromatic heterocycles. The van der Waals surface area contributed by atoms with Crippen molar-refractivity contribution < 1.29 is 18.7 Å². The number of fused-ring (bicyclic) bond motifs is 3. The van der Waals surface area contributed by atoms with Crippen molar-refractivity contribution in [2.75, 3.05) is 7.11 Å². The molecule has 0 saturated carbocycles. The van der Waals surface area contributed by atoms with Crippen LogP contribution in [0.4, 0.5) is 9.18 Å². The Labute approximate surface area is 204 Å². The van der Waals surface area contributed by atoms with Crippen LogP contribution in [0.25, 0.3) is 32.1 Å². The van der Waals surface area contributed by atoms with E-state index in [1.165, 1.54) is 11.3 Å². The number of thiophene rings is 1. The molecule has 0 aliphatic heterocycles. The number of halogens is 2. The maximum absolute atomic E-state index is 14.4. The number of carbonyl (C=O) groups excluding carboxylic acids is 1. The number of H-pyrrole nitrogens is 1. The van der Waals surface area contributed by atoms with Crippen LogP contribution in [0.3, 0.4) is 0 Å². The fourth-order valence-corrected chi connectivity index (χ4v) is 4.86. The van der Waals surface area contributed by atoms with Crippen LogP contribution in [0, 0.1) is 0 Å². The van der Waals surface area contributed by atoms with Crippen LogP contribution in [0.1, 0.15) is 26.3 Å². The summed E-state index contributed by atoms with van der Waals surface area (Å²) in [5.74, 6) is 0.555. The summed E-state index contributed by atoms with van der Waals surface area (Å²) in [6.07, 6.45) is -2.41. The molecule has 4 rings (SSSR count). The van der Waals surface area contributed by atoms with Crippen molar-refractivity contribution in [3.05, 3.63) is 62.7 Å². The minimum absolute atomic E-state index is 0.0138. The molecule has 0 spiro atoms. The fraction of sp³-hybridized carbons (Fsp3) is 0.280. The van der Waals surface area contributed by atoms with Crippen LogP contribution in [-0.4, -0.2) is 30.1 Å². The number of amides is 1. The second kappa shape index (κ2) is 9.27. The van der Waals surface area contributed by atoms with E-state index in [0.717, 1.165) is 21.9 Å². The number of methoxy groups -OCH3 is 1. The summed E-state index contributed by atoms with van der Waals surface area (Å²) in [7, 11) is 1.56. The predicted octanol–water partition coefficient (Wildman–Crippen LogP) is 6.43. The first-order chi connectivity index (χ1) is 16.1. The van der Waals surface area contributed by atoms with Gasteiger partial charge in [0.2, 0.25) is 0 Å². The van der Waals surface area contributed by atoms with E-state index in [1.54, 1.807) is 46.1 Å². The van der Waals surface area contributed by atoms with Crippen molar-refractivity contribution in [1.29, 1.82) is 0 Å². The Bertz CT molecular complexity index is 1420. The molecule has 0 bridgehead atoms.